The van der Waals surface area contributed by atoms with E-state index in [4.69, 9.17) is 17.4 Å². The minimum Gasteiger partial charge on any atom is -0.291 e. The highest BCUT2D eigenvalue weighted by Crippen LogP contribution is 2.42. The van der Waals surface area contributed by atoms with Crippen molar-refractivity contribution in [2.75, 3.05) is 0 Å². The van der Waals surface area contributed by atoms with E-state index in [9.17, 15) is 22.8 Å². The topological polar surface area (TPSA) is 101 Å². The standard InChI is InChI=1S/C17H11ClF4N4O4/c18-10-2-1-8(11(19)7-10)5-9-6-13-15(17(29-21)16(9)28-20)12(25-26(13)30-22)3-4-14(27)24-23/h1-4,6-7H,5,23H2,(H,24,27)/b4-3+. The van der Waals surface area contributed by atoms with Crippen molar-refractivity contribution >= 4 is 34.5 Å². The molecule has 3 aromatic rings. The fourth-order valence-electron chi connectivity index (χ4n) is 2.81. The van der Waals surface area contributed by atoms with Crippen LogP contribution < -0.4 is 26.2 Å². The third-order valence-electron chi connectivity index (χ3n) is 4.10. The Morgan fingerprint density at radius 2 is 1.93 bits per heavy atom. The van der Waals surface area contributed by atoms with Gasteiger partial charge in [-0.1, -0.05) is 22.5 Å². The molecule has 1 aromatic heterocycles. The Kier molecular flexibility index (Phi) is 6.28. The summed E-state index contributed by atoms with van der Waals surface area (Å²) in [4.78, 5) is 19.1. The summed E-state index contributed by atoms with van der Waals surface area (Å²) in [5.41, 5.74) is 1.24. The molecule has 30 heavy (non-hydrogen) atoms. The number of benzene rings is 2. The van der Waals surface area contributed by atoms with Gasteiger partial charge in [0.2, 0.25) is 11.5 Å². The Balaban J connectivity index is 2.22. The Labute approximate surface area is 170 Å². The van der Waals surface area contributed by atoms with Crippen LogP contribution in [0.4, 0.5) is 18.0 Å². The zero-order valence-corrected chi connectivity index (χ0v) is 15.4. The average molecular weight is 447 g/mol. The molecule has 1 heterocycles. The van der Waals surface area contributed by atoms with Crippen LogP contribution in [0.3, 0.4) is 0 Å². The summed E-state index contributed by atoms with van der Waals surface area (Å²) in [6.07, 6.45) is 1.59. The van der Waals surface area contributed by atoms with Gasteiger partial charge in [-0.2, -0.15) is 5.04 Å². The first kappa shape index (κ1) is 21.2. The van der Waals surface area contributed by atoms with Crippen LogP contribution in [0.2, 0.25) is 5.02 Å². The molecule has 0 saturated heterocycles. The summed E-state index contributed by atoms with van der Waals surface area (Å²) in [5, 5.41) is 7.10. The molecule has 0 unspecified atom stereocenters. The largest absolute Gasteiger partial charge is 0.291 e. The van der Waals surface area contributed by atoms with Crippen LogP contribution >= 0.6 is 11.6 Å². The molecule has 8 nitrogen and oxygen atoms in total. The monoisotopic (exact) mass is 446 g/mol. The first-order valence-electron chi connectivity index (χ1n) is 8.00. The van der Waals surface area contributed by atoms with Gasteiger partial charge in [0.15, 0.2) is 0 Å². The van der Waals surface area contributed by atoms with E-state index in [0.29, 0.717) is 4.85 Å². The highest BCUT2D eigenvalue weighted by molar-refractivity contribution is 6.30. The molecule has 1 amide bonds. The average Bonchev–Trinajstić information content (AvgIpc) is 3.10. The summed E-state index contributed by atoms with van der Waals surface area (Å²) in [5.74, 6) is 1.86. The first-order valence-corrected chi connectivity index (χ1v) is 8.38. The van der Waals surface area contributed by atoms with E-state index in [2.05, 4.69) is 20.0 Å². The predicted octanol–water partition coefficient (Wildman–Crippen LogP) is 3.26. The van der Waals surface area contributed by atoms with Gasteiger partial charge in [-0.25, -0.2) is 10.2 Å². The van der Waals surface area contributed by atoms with Gasteiger partial charge in [-0.05, 0) is 29.8 Å². The number of amides is 1. The Bertz CT molecular complexity index is 1140. The van der Waals surface area contributed by atoms with E-state index in [1.807, 2.05) is 0 Å². The van der Waals surface area contributed by atoms with E-state index in [0.717, 1.165) is 24.3 Å². The number of nitrogens with zero attached hydrogens (tertiary/aromatic N) is 2. The van der Waals surface area contributed by atoms with Gasteiger partial charge in [-0.15, -0.1) is 5.10 Å². The number of hydrogen-bond acceptors (Lipinski definition) is 6. The number of carbonyl (C=O) groups is 1. The number of rotatable bonds is 7. The van der Waals surface area contributed by atoms with Crippen molar-refractivity contribution in [3.63, 3.8) is 0 Å². The van der Waals surface area contributed by atoms with Gasteiger partial charge in [0, 0.05) is 36.7 Å². The molecule has 0 fully saturated rings. The number of fused-ring (bicyclic) bond motifs is 1. The summed E-state index contributed by atoms with van der Waals surface area (Å²) < 4.78 is 53.8. The molecule has 0 aliphatic rings. The van der Waals surface area contributed by atoms with Crippen LogP contribution in [0.15, 0.2) is 30.3 Å². The first-order chi connectivity index (χ1) is 14.4. The Morgan fingerprint density at radius 3 is 2.53 bits per heavy atom. The number of nitrogens with two attached hydrogens (primary N) is 1. The maximum Gasteiger partial charge on any atom is 0.257 e. The molecular weight excluding hydrogens is 436 g/mol. The summed E-state index contributed by atoms with van der Waals surface area (Å²) in [6.45, 7) is 0. The van der Waals surface area contributed by atoms with Gasteiger partial charge in [0.25, 0.3) is 5.91 Å². The number of carbonyl (C=O) groups excluding carboxylic acids is 1. The van der Waals surface area contributed by atoms with E-state index in [-0.39, 0.29) is 39.2 Å². The lowest BCUT2D eigenvalue weighted by Gasteiger charge is -2.10. The van der Waals surface area contributed by atoms with Gasteiger partial charge in [0.1, 0.15) is 17.0 Å². The smallest absolute Gasteiger partial charge is 0.257 e. The molecule has 0 bridgehead atoms. The molecule has 13 heteroatoms. The molecule has 0 atom stereocenters. The number of aromatic nitrogens is 2. The lowest BCUT2D eigenvalue weighted by Crippen LogP contribution is -2.27. The summed E-state index contributed by atoms with van der Waals surface area (Å²) >= 11 is 5.70. The van der Waals surface area contributed by atoms with Crippen LogP contribution in [0, 0.1) is 5.82 Å². The van der Waals surface area contributed by atoms with Crippen molar-refractivity contribution in [3.05, 3.63) is 58.0 Å². The van der Waals surface area contributed by atoms with Crippen molar-refractivity contribution in [2.45, 2.75) is 6.42 Å². The van der Waals surface area contributed by atoms with Crippen LogP contribution in [0.25, 0.3) is 17.0 Å². The molecule has 2 aromatic carbocycles. The Morgan fingerprint density at radius 1 is 1.20 bits per heavy atom. The second-order valence-corrected chi connectivity index (χ2v) is 6.26. The van der Waals surface area contributed by atoms with Gasteiger partial charge >= 0.3 is 0 Å². The molecule has 3 rings (SSSR count). The van der Waals surface area contributed by atoms with E-state index in [1.165, 1.54) is 12.1 Å². The van der Waals surface area contributed by atoms with Crippen molar-refractivity contribution in [3.8, 4) is 11.5 Å². The molecule has 3 N–H and O–H groups in total. The zero-order valence-electron chi connectivity index (χ0n) is 14.7. The maximum absolute atomic E-state index is 14.1. The van der Waals surface area contributed by atoms with Crippen LogP contribution in [0.1, 0.15) is 16.8 Å². The number of halogens is 5. The minimum absolute atomic E-state index is 0.0498. The molecular formula is C17H11ClF4N4O4. The molecule has 0 aliphatic carbocycles. The normalized spacial score (nSPS) is 11.1. The fraction of sp³-hybridized carbons (Fsp3) is 0.0588. The number of hydrazine groups is 1. The Hall–Kier alpha value is -3.51. The quantitative estimate of drug-likeness (QED) is 0.190. The molecule has 0 radical (unpaired) electrons. The van der Waals surface area contributed by atoms with Crippen molar-refractivity contribution in [1.29, 1.82) is 0 Å². The number of hydrogen-bond donors (Lipinski definition) is 2. The van der Waals surface area contributed by atoms with Gasteiger partial charge < -0.3 is 0 Å². The minimum atomic E-state index is -0.838. The maximum atomic E-state index is 14.1. The van der Waals surface area contributed by atoms with Crippen molar-refractivity contribution < 1.29 is 37.7 Å². The van der Waals surface area contributed by atoms with Crippen molar-refractivity contribution in [2.24, 2.45) is 5.84 Å². The highest BCUT2D eigenvalue weighted by atomic mass is 35.5. The van der Waals surface area contributed by atoms with Crippen LogP contribution in [0.5, 0.6) is 11.5 Å². The zero-order chi connectivity index (χ0) is 21.8. The van der Waals surface area contributed by atoms with E-state index >= 15 is 0 Å². The third-order valence-corrected chi connectivity index (χ3v) is 4.34. The second-order valence-electron chi connectivity index (χ2n) is 5.82. The van der Waals surface area contributed by atoms with Crippen molar-refractivity contribution in [1.82, 2.24) is 15.4 Å². The number of nitrogens with one attached hydrogen (secondary N) is 1. The van der Waals surface area contributed by atoms with Crippen LogP contribution in [-0.2, 0) is 11.2 Å². The molecule has 158 valence electrons. The second kappa shape index (κ2) is 8.88. The highest BCUT2D eigenvalue weighted by Gasteiger charge is 2.26. The molecule has 0 aliphatic heterocycles. The van der Waals surface area contributed by atoms with E-state index < -0.39 is 23.2 Å². The van der Waals surface area contributed by atoms with Gasteiger partial charge in [-0.3, -0.25) is 20.1 Å². The summed E-state index contributed by atoms with van der Waals surface area (Å²) in [7, 11) is 0. The summed E-state index contributed by atoms with van der Waals surface area (Å²) in [6, 6.07) is 4.86. The SMILES string of the molecule is NNC(=O)/C=C/c1nn(OF)c2cc(Cc3ccc(Cl)cc3F)c(OF)c(OF)c12. The van der Waals surface area contributed by atoms with E-state index in [1.54, 1.807) is 5.43 Å². The van der Waals surface area contributed by atoms with Crippen LogP contribution in [-0.4, -0.2) is 15.9 Å². The molecule has 0 saturated carbocycles. The third kappa shape index (κ3) is 3.95. The lowest BCUT2D eigenvalue weighted by atomic mass is 10.0. The lowest BCUT2D eigenvalue weighted by molar-refractivity contribution is -0.146. The predicted molar refractivity (Wildman–Crippen MR) is 96.5 cm³/mol. The molecule has 0 spiro atoms. The van der Waals surface area contributed by atoms with Gasteiger partial charge in [0.05, 0.1) is 5.39 Å². The fourth-order valence-corrected chi connectivity index (χ4v) is 2.97.